The lowest BCUT2D eigenvalue weighted by Crippen LogP contribution is -2.24. The van der Waals surface area contributed by atoms with E-state index in [2.05, 4.69) is 0 Å². The van der Waals surface area contributed by atoms with Crippen LogP contribution in [0.4, 0.5) is 0 Å². The predicted octanol–water partition coefficient (Wildman–Crippen LogP) is 0.624. The van der Waals surface area contributed by atoms with Crippen molar-refractivity contribution in [3.63, 3.8) is 0 Å². The van der Waals surface area contributed by atoms with Crippen LogP contribution in [0.5, 0.6) is 0 Å². The van der Waals surface area contributed by atoms with Crippen molar-refractivity contribution in [3.8, 4) is 0 Å². The molecule has 1 fully saturated rings. The number of carbonyl (C=O) groups is 2. The van der Waals surface area contributed by atoms with E-state index < -0.39 is 5.25 Å². The summed E-state index contributed by atoms with van der Waals surface area (Å²) in [6.07, 6.45) is 0.508. The number of rotatable bonds is 2. The van der Waals surface area contributed by atoms with Gasteiger partial charge in [-0.25, -0.2) is 0 Å². The lowest BCUT2D eigenvalue weighted by molar-refractivity contribution is -0.144. The second kappa shape index (κ2) is 3.76. The monoisotopic (exact) mass is 174 g/mol. The molecule has 1 aliphatic rings. The van der Waals surface area contributed by atoms with Crippen molar-refractivity contribution in [1.29, 1.82) is 0 Å². The molecule has 1 aliphatic heterocycles. The minimum atomic E-state index is -0.532. The summed E-state index contributed by atoms with van der Waals surface area (Å²) in [6, 6.07) is 0. The molecule has 0 amide bonds. The summed E-state index contributed by atoms with van der Waals surface area (Å²) in [7, 11) is 0. The highest BCUT2D eigenvalue weighted by molar-refractivity contribution is 8.01. The van der Waals surface area contributed by atoms with Gasteiger partial charge in [0.15, 0.2) is 11.0 Å². The number of thioether (sulfide) groups is 1. The first-order valence-electron chi connectivity index (χ1n) is 3.56. The Labute approximate surface area is 69.5 Å². The molecule has 1 unspecified atom stereocenters. The molecule has 0 aromatic carbocycles. The molecule has 1 saturated heterocycles. The lowest BCUT2D eigenvalue weighted by atomic mass is 10.2. The number of carbonyl (C=O) groups excluding carboxylic acids is 2. The van der Waals surface area contributed by atoms with Crippen LogP contribution in [0.2, 0.25) is 0 Å². The molecule has 3 nitrogen and oxygen atoms in total. The van der Waals surface area contributed by atoms with Gasteiger partial charge in [-0.1, -0.05) is 0 Å². The largest absolute Gasteiger partial charge is 0.465 e. The van der Waals surface area contributed by atoms with Gasteiger partial charge in [0.1, 0.15) is 0 Å². The van der Waals surface area contributed by atoms with E-state index in [1.807, 2.05) is 0 Å². The standard InChI is InChI=1S/C7H10O3S/c1-2-10-7(9)6-5(8)3-4-11-6/h6H,2-4H2,1H3. The normalized spacial score (nSPS) is 23.7. The smallest absolute Gasteiger partial charge is 0.326 e. The lowest BCUT2D eigenvalue weighted by Gasteiger charge is -2.04. The molecule has 0 bridgehead atoms. The maximum Gasteiger partial charge on any atom is 0.326 e. The summed E-state index contributed by atoms with van der Waals surface area (Å²) in [4.78, 5) is 22.0. The molecule has 0 aliphatic carbocycles. The van der Waals surface area contributed by atoms with Crippen LogP contribution in [0.1, 0.15) is 13.3 Å². The van der Waals surface area contributed by atoms with Gasteiger partial charge in [0, 0.05) is 12.2 Å². The van der Waals surface area contributed by atoms with Crippen LogP contribution in [0.3, 0.4) is 0 Å². The molecule has 0 aromatic rings. The quantitative estimate of drug-likeness (QED) is 0.455. The van der Waals surface area contributed by atoms with Gasteiger partial charge in [-0.2, -0.15) is 0 Å². The summed E-state index contributed by atoms with van der Waals surface area (Å²) in [5.74, 6) is 0.385. The van der Waals surface area contributed by atoms with Crippen LogP contribution >= 0.6 is 11.8 Å². The summed E-state index contributed by atoms with van der Waals surface area (Å²) in [6.45, 7) is 2.09. The number of esters is 1. The van der Waals surface area contributed by atoms with Crippen LogP contribution in [0.15, 0.2) is 0 Å². The molecule has 1 atom stereocenters. The Morgan fingerprint density at radius 2 is 2.55 bits per heavy atom. The molecule has 0 N–H and O–H groups in total. The van der Waals surface area contributed by atoms with Crippen LogP contribution in [0.25, 0.3) is 0 Å². The first-order valence-corrected chi connectivity index (χ1v) is 4.61. The van der Waals surface area contributed by atoms with E-state index in [1.54, 1.807) is 6.92 Å². The number of Topliss-reactive ketones (excluding diaryl/α,β-unsaturated/α-hetero) is 1. The van der Waals surface area contributed by atoms with Gasteiger partial charge in [-0.15, -0.1) is 11.8 Å². The van der Waals surface area contributed by atoms with E-state index in [1.165, 1.54) is 11.8 Å². The average molecular weight is 174 g/mol. The first kappa shape index (κ1) is 8.59. The highest BCUT2D eigenvalue weighted by Crippen LogP contribution is 2.23. The van der Waals surface area contributed by atoms with Gasteiger partial charge >= 0.3 is 5.97 Å². The van der Waals surface area contributed by atoms with Crippen LogP contribution in [-0.4, -0.2) is 29.4 Å². The van der Waals surface area contributed by atoms with Gasteiger partial charge in [-0.3, -0.25) is 9.59 Å². The van der Waals surface area contributed by atoms with Crippen LogP contribution in [-0.2, 0) is 14.3 Å². The van der Waals surface area contributed by atoms with E-state index in [9.17, 15) is 9.59 Å². The second-order valence-corrected chi connectivity index (χ2v) is 3.43. The topological polar surface area (TPSA) is 43.4 Å². The third-order valence-corrected chi connectivity index (χ3v) is 2.65. The van der Waals surface area contributed by atoms with Crippen molar-refractivity contribution in [2.75, 3.05) is 12.4 Å². The van der Waals surface area contributed by atoms with Crippen molar-refractivity contribution in [2.45, 2.75) is 18.6 Å². The van der Waals surface area contributed by atoms with Crippen molar-refractivity contribution in [1.82, 2.24) is 0 Å². The van der Waals surface area contributed by atoms with Crippen molar-refractivity contribution in [3.05, 3.63) is 0 Å². The summed E-state index contributed by atoms with van der Waals surface area (Å²) < 4.78 is 4.72. The average Bonchev–Trinajstić information content (AvgIpc) is 2.36. The highest BCUT2D eigenvalue weighted by Gasteiger charge is 2.32. The minimum absolute atomic E-state index is 0.00782. The van der Waals surface area contributed by atoms with Crippen LogP contribution in [0, 0.1) is 0 Å². The fourth-order valence-electron chi connectivity index (χ4n) is 0.919. The fourth-order valence-corrected chi connectivity index (χ4v) is 1.98. The van der Waals surface area contributed by atoms with Gasteiger partial charge in [0.25, 0.3) is 0 Å². The molecule has 62 valence electrons. The summed E-state index contributed by atoms with van der Waals surface area (Å²) in [5.41, 5.74) is 0. The number of ketones is 1. The molecule has 11 heavy (non-hydrogen) atoms. The van der Waals surface area contributed by atoms with Crippen LogP contribution < -0.4 is 0 Å². The van der Waals surface area contributed by atoms with E-state index >= 15 is 0 Å². The molecule has 1 heterocycles. The van der Waals surface area contributed by atoms with Gasteiger partial charge in [-0.05, 0) is 6.92 Å². The van der Waals surface area contributed by atoms with Crippen molar-refractivity contribution in [2.24, 2.45) is 0 Å². The number of hydrogen-bond donors (Lipinski definition) is 0. The van der Waals surface area contributed by atoms with E-state index in [0.29, 0.717) is 13.0 Å². The summed E-state index contributed by atoms with van der Waals surface area (Å²) in [5, 5.41) is -0.532. The minimum Gasteiger partial charge on any atom is -0.465 e. The van der Waals surface area contributed by atoms with Crippen molar-refractivity contribution >= 4 is 23.5 Å². The van der Waals surface area contributed by atoms with Gasteiger partial charge in [0.2, 0.25) is 0 Å². The number of hydrogen-bond acceptors (Lipinski definition) is 4. The Kier molecular flexibility index (Phi) is 2.93. The van der Waals surface area contributed by atoms with E-state index in [0.717, 1.165) is 5.75 Å². The molecule has 1 rings (SSSR count). The third-order valence-electron chi connectivity index (χ3n) is 1.43. The third kappa shape index (κ3) is 1.96. The molecule has 0 radical (unpaired) electrons. The molecule has 0 aromatic heterocycles. The van der Waals surface area contributed by atoms with Gasteiger partial charge < -0.3 is 4.74 Å². The second-order valence-electron chi connectivity index (χ2n) is 2.22. The zero-order valence-electron chi connectivity index (χ0n) is 6.33. The fraction of sp³-hybridized carbons (Fsp3) is 0.714. The Morgan fingerprint density at radius 1 is 1.82 bits per heavy atom. The Balaban J connectivity index is 2.46. The van der Waals surface area contributed by atoms with Gasteiger partial charge in [0.05, 0.1) is 6.61 Å². The van der Waals surface area contributed by atoms with Crippen molar-refractivity contribution < 1.29 is 14.3 Å². The molecule has 0 spiro atoms. The Hall–Kier alpha value is -0.510. The Morgan fingerprint density at radius 3 is 3.00 bits per heavy atom. The Bertz CT molecular complexity index is 179. The summed E-state index contributed by atoms with van der Waals surface area (Å²) >= 11 is 1.37. The molecule has 4 heteroatoms. The predicted molar refractivity (Wildman–Crippen MR) is 42.5 cm³/mol. The first-order chi connectivity index (χ1) is 5.25. The molecule has 0 saturated carbocycles. The molecular weight excluding hydrogens is 164 g/mol. The molecular formula is C7H10O3S. The highest BCUT2D eigenvalue weighted by atomic mass is 32.2. The maximum absolute atomic E-state index is 11.0. The zero-order valence-corrected chi connectivity index (χ0v) is 7.15. The zero-order chi connectivity index (χ0) is 8.27. The number of ether oxygens (including phenoxy) is 1. The van der Waals surface area contributed by atoms with E-state index in [4.69, 9.17) is 4.74 Å². The maximum atomic E-state index is 11.0. The van der Waals surface area contributed by atoms with E-state index in [-0.39, 0.29) is 11.8 Å². The SMILES string of the molecule is CCOC(=O)C1SCCC1=O.